The topological polar surface area (TPSA) is 12.0 Å². The Morgan fingerprint density at radius 1 is 1.47 bits per heavy atom. The van der Waals surface area contributed by atoms with Crippen LogP contribution in [-0.2, 0) is 6.42 Å². The van der Waals surface area contributed by atoms with Crippen LogP contribution in [-0.4, -0.2) is 12.6 Å². The Hall–Kier alpha value is -0.530. The highest BCUT2D eigenvalue weighted by molar-refractivity contribution is 6.30. The highest BCUT2D eigenvalue weighted by Gasteiger charge is 2.20. The minimum absolute atomic E-state index is 0.684. The van der Waals surface area contributed by atoms with Crippen molar-refractivity contribution in [1.82, 2.24) is 5.32 Å². The lowest BCUT2D eigenvalue weighted by atomic mass is 10.0. The van der Waals surface area contributed by atoms with Crippen LogP contribution in [0, 0.1) is 5.92 Å². The average Bonchev–Trinajstić information content (AvgIpc) is 2.98. The molecule has 1 N–H and O–H groups in total. The SMILES string of the molecule is CC(CNC1CC1)Cc1cccc(Cl)c1. The summed E-state index contributed by atoms with van der Waals surface area (Å²) in [5.74, 6) is 0.684. The van der Waals surface area contributed by atoms with E-state index in [9.17, 15) is 0 Å². The third kappa shape index (κ3) is 3.84. The first kappa shape index (κ1) is 11.0. The highest BCUT2D eigenvalue weighted by atomic mass is 35.5. The van der Waals surface area contributed by atoms with Crippen molar-refractivity contribution in [2.75, 3.05) is 6.54 Å². The summed E-state index contributed by atoms with van der Waals surface area (Å²) >= 11 is 5.95. The molecule has 1 aromatic rings. The fourth-order valence-electron chi connectivity index (χ4n) is 1.79. The zero-order valence-corrected chi connectivity index (χ0v) is 9.93. The molecule has 2 heteroatoms. The van der Waals surface area contributed by atoms with Gasteiger partial charge in [-0.1, -0.05) is 30.7 Å². The van der Waals surface area contributed by atoms with Crippen molar-refractivity contribution < 1.29 is 0 Å². The largest absolute Gasteiger partial charge is 0.314 e. The van der Waals surface area contributed by atoms with E-state index in [2.05, 4.69) is 24.4 Å². The van der Waals surface area contributed by atoms with Crippen LogP contribution < -0.4 is 5.32 Å². The molecule has 0 bridgehead atoms. The van der Waals surface area contributed by atoms with Gasteiger partial charge in [-0.3, -0.25) is 0 Å². The molecular weight excluding hydrogens is 206 g/mol. The van der Waals surface area contributed by atoms with Gasteiger partial charge in [-0.15, -0.1) is 0 Å². The van der Waals surface area contributed by atoms with Crippen molar-refractivity contribution in [3.63, 3.8) is 0 Å². The minimum atomic E-state index is 0.684. The van der Waals surface area contributed by atoms with Crippen molar-refractivity contribution in [2.45, 2.75) is 32.2 Å². The maximum Gasteiger partial charge on any atom is 0.0408 e. The molecule has 1 unspecified atom stereocenters. The number of hydrogen-bond donors (Lipinski definition) is 1. The quantitative estimate of drug-likeness (QED) is 0.808. The monoisotopic (exact) mass is 223 g/mol. The average molecular weight is 224 g/mol. The molecule has 0 spiro atoms. The van der Waals surface area contributed by atoms with E-state index in [1.165, 1.54) is 18.4 Å². The number of halogens is 1. The Balaban J connectivity index is 1.79. The van der Waals surface area contributed by atoms with Crippen molar-refractivity contribution in [3.8, 4) is 0 Å². The molecule has 0 aliphatic heterocycles. The molecule has 0 saturated heterocycles. The molecule has 0 amide bonds. The summed E-state index contributed by atoms with van der Waals surface area (Å²) in [5.41, 5.74) is 1.34. The zero-order chi connectivity index (χ0) is 10.7. The van der Waals surface area contributed by atoms with Gasteiger partial charge in [-0.2, -0.15) is 0 Å². The van der Waals surface area contributed by atoms with E-state index >= 15 is 0 Å². The summed E-state index contributed by atoms with van der Waals surface area (Å²) in [4.78, 5) is 0. The van der Waals surface area contributed by atoms with E-state index in [1.54, 1.807) is 0 Å². The molecule has 1 fully saturated rings. The van der Waals surface area contributed by atoms with Gasteiger partial charge in [0, 0.05) is 11.1 Å². The van der Waals surface area contributed by atoms with Crippen LogP contribution in [0.5, 0.6) is 0 Å². The number of hydrogen-bond acceptors (Lipinski definition) is 1. The third-order valence-electron chi connectivity index (χ3n) is 2.81. The summed E-state index contributed by atoms with van der Waals surface area (Å²) in [6.45, 7) is 3.41. The van der Waals surface area contributed by atoms with Gasteiger partial charge in [0.05, 0.1) is 0 Å². The van der Waals surface area contributed by atoms with E-state index < -0.39 is 0 Å². The third-order valence-corrected chi connectivity index (χ3v) is 3.04. The van der Waals surface area contributed by atoms with Gasteiger partial charge >= 0.3 is 0 Å². The van der Waals surface area contributed by atoms with Crippen LogP contribution in [0.2, 0.25) is 5.02 Å². The molecule has 82 valence electrons. The maximum absolute atomic E-state index is 5.95. The van der Waals surface area contributed by atoms with Gasteiger partial charge in [-0.25, -0.2) is 0 Å². The van der Waals surface area contributed by atoms with Crippen molar-refractivity contribution in [1.29, 1.82) is 0 Å². The molecular formula is C13H18ClN. The highest BCUT2D eigenvalue weighted by Crippen LogP contribution is 2.19. The Morgan fingerprint density at radius 2 is 2.27 bits per heavy atom. The second-order valence-electron chi connectivity index (χ2n) is 4.62. The normalized spacial score (nSPS) is 17.7. The Labute approximate surface area is 96.8 Å². The molecule has 1 saturated carbocycles. The van der Waals surface area contributed by atoms with Gasteiger partial charge < -0.3 is 5.32 Å². The fraction of sp³-hybridized carbons (Fsp3) is 0.538. The molecule has 1 aromatic carbocycles. The summed E-state index contributed by atoms with van der Waals surface area (Å²) < 4.78 is 0. The fourth-order valence-corrected chi connectivity index (χ4v) is 2.01. The lowest BCUT2D eigenvalue weighted by Gasteiger charge is -2.12. The van der Waals surface area contributed by atoms with Crippen LogP contribution in [0.4, 0.5) is 0 Å². The standard InChI is InChI=1S/C13H18ClN/c1-10(9-15-13-5-6-13)7-11-3-2-4-12(14)8-11/h2-4,8,10,13,15H,5-7,9H2,1H3. The first-order valence-electron chi connectivity index (χ1n) is 5.72. The summed E-state index contributed by atoms with van der Waals surface area (Å²) in [5, 5.41) is 4.40. The Morgan fingerprint density at radius 3 is 2.93 bits per heavy atom. The molecule has 1 atom stereocenters. The van der Waals surface area contributed by atoms with Crippen molar-refractivity contribution in [3.05, 3.63) is 34.9 Å². The smallest absolute Gasteiger partial charge is 0.0408 e. The van der Waals surface area contributed by atoms with Gasteiger partial charge in [0.2, 0.25) is 0 Å². The second kappa shape index (κ2) is 5.00. The van der Waals surface area contributed by atoms with Crippen molar-refractivity contribution >= 4 is 11.6 Å². The van der Waals surface area contributed by atoms with E-state index in [1.807, 2.05) is 12.1 Å². The predicted octanol–water partition coefficient (Wildman–Crippen LogP) is 3.27. The number of rotatable bonds is 5. The lowest BCUT2D eigenvalue weighted by Crippen LogP contribution is -2.24. The first-order chi connectivity index (χ1) is 7.24. The van der Waals surface area contributed by atoms with E-state index in [0.29, 0.717) is 5.92 Å². The Kier molecular flexibility index (Phi) is 3.66. The second-order valence-corrected chi connectivity index (χ2v) is 5.06. The summed E-state index contributed by atoms with van der Waals surface area (Å²) in [6.07, 6.45) is 3.84. The Bertz CT molecular complexity index is 320. The lowest BCUT2D eigenvalue weighted by molar-refractivity contribution is 0.509. The predicted molar refractivity (Wildman–Crippen MR) is 65.3 cm³/mol. The molecule has 15 heavy (non-hydrogen) atoms. The van der Waals surface area contributed by atoms with Crippen LogP contribution >= 0.6 is 11.6 Å². The molecule has 0 radical (unpaired) electrons. The van der Waals surface area contributed by atoms with Gasteiger partial charge in [-0.05, 0) is 49.4 Å². The van der Waals surface area contributed by atoms with Crippen LogP contribution in [0.3, 0.4) is 0 Å². The van der Waals surface area contributed by atoms with Crippen molar-refractivity contribution in [2.24, 2.45) is 5.92 Å². The van der Waals surface area contributed by atoms with E-state index in [0.717, 1.165) is 24.0 Å². The molecule has 1 aliphatic carbocycles. The molecule has 1 aliphatic rings. The van der Waals surface area contributed by atoms with Gasteiger partial charge in [0.1, 0.15) is 0 Å². The first-order valence-corrected chi connectivity index (χ1v) is 6.09. The van der Waals surface area contributed by atoms with Crippen LogP contribution in [0.1, 0.15) is 25.3 Å². The molecule has 2 rings (SSSR count). The summed E-state index contributed by atoms with van der Waals surface area (Å²) in [7, 11) is 0. The molecule has 0 heterocycles. The van der Waals surface area contributed by atoms with Gasteiger partial charge in [0.25, 0.3) is 0 Å². The molecule has 1 nitrogen and oxygen atoms in total. The zero-order valence-electron chi connectivity index (χ0n) is 9.17. The minimum Gasteiger partial charge on any atom is -0.314 e. The van der Waals surface area contributed by atoms with Crippen LogP contribution in [0.15, 0.2) is 24.3 Å². The van der Waals surface area contributed by atoms with Crippen LogP contribution in [0.25, 0.3) is 0 Å². The maximum atomic E-state index is 5.95. The number of benzene rings is 1. The molecule has 0 aromatic heterocycles. The van der Waals surface area contributed by atoms with Gasteiger partial charge in [0.15, 0.2) is 0 Å². The van der Waals surface area contributed by atoms with E-state index in [4.69, 9.17) is 11.6 Å². The number of nitrogens with one attached hydrogen (secondary N) is 1. The summed E-state index contributed by atoms with van der Waals surface area (Å²) in [6, 6.07) is 8.98. The van der Waals surface area contributed by atoms with E-state index in [-0.39, 0.29) is 0 Å².